The van der Waals surface area contributed by atoms with Gasteiger partial charge in [-0.2, -0.15) is 0 Å². The van der Waals surface area contributed by atoms with E-state index in [1.165, 1.54) is 28.1 Å². The maximum atomic E-state index is 15.3. The Labute approximate surface area is 244 Å². The first-order chi connectivity index (χ1) is 20.2. The van der Waals surface area contributed by atoms with Crippen LogP contribution in [0.15, 0.2) is 47.8 Å². The number of benzene rings is 3. The standard InChI is InChI=1S/C29H20ClF4N3O4S/c30-16-2-1-14(20(31)9-16)12-41-29-36-24(13-42-29)19-10-21(32)15(7-22(19)33)8-25-35-23-4-3-18(28(38)39)26(34)27(23)37(25)11-17-5-6-40-17/h1-4,7,9-10,13,17H,5-6,8,11-12H2,(H,38,39)/t17-/m0/s1. The van der Waals surface area contributed by atoms with E-state index in [-0.39, 0.29) is 75.1 Å². The molecule has 3 aromatic carbocycles. The molecule has 1 saturated heterocycles. The third kappa shape index (κ3) is 5.44. The average molecular weight is 618 g/mol. The Hall–Kier alpha value is -4.00. The third-order valence-electron chi connectivity index (χ3n) is 6.95. The van der Waals surface area contributed by atoms with Crippen molar-refractivity contribution in [3.05, 3.63) is 98.7 Å². The van der Waals surface area contributed by atoms with Gasteiger partial charge in [0.1, 0.15) is 35.4 Å². The predicted octanol–water partition coefficient (Wildman–Crippen LogP) is 7.03. The molecule has 6 rings (SSSR count). The van der Waals surface area contributed by atoms with E-state index in [4.69, 9.17) is 21.1 Å². The number of nitrogens with zero attached hydrogens (tertiary/aromatic N) is 3. The van der Waals surface area contributed by atoms with E-state index < -0.39 is 34.8 Å². The molecule has 0 bridgehead atoms. The number of rotatable bonds is 9. The van der Waals surface area contributed by atoms with E-state index in [0.717, 1.165) is 35.6 Å². The van der Waals surface area contributed by atoms with Gasteiger partial charge in [-0.3, -0.25) is 0 Å². The van der Waals surface area contributed by atoms with Crippen LogP contribution in [-0.4, -0.2) is 38.3 Å². The SMILES string of the molecule is O=C(O)c1ccc2nc(Cc3cc(F)c(-c4csc(OCc5ccc(Cl)cc5F)n4)cc3F)n(C[C@@H]3CCO3)c2c1F. The summed E-state index contributed by atoms with van der Waals surface area (Å²) < 4.78 is 72.3. The van der Waals surface area contributed by atoms with E-state index in [1.807, 2.05) is 0 Å². The summed E-state index contributed by atoms with van der Waals surface area (Å²) in [4.78, 5) is 20.1. The molecule has 1 aliphatic rings. The van der Waals surface area contributed by atoms with Crippen molar-refractivity contribution in [1.82, 2.24) is 14.5 Å². The number of hydrogen-bond donors (Lipinski definition) is 1. The summed E-state index contributed by atoms with van der Waals surface area (Å²) in [6.45, 7) is 0.584. The van der Waals surface area contributed by atoms with Crippen molar-refractivity contribution >= 4 is 39.9 Å². The molecule has 0 saturated carbocycles. The first-order valence-corrected chi connectivity index (χ1v) is 14.0. The summed E-state index contributed by atoms with van der Waals surface area (Å²) in [6, 6.07) is 8.70. The molecule has 0 amide bonds. The number of carbonyl (C=O) groups is 1. The monoisotopic (exact) mass is 617 g/mol. The van der Waals surface area contributed by atoms with Gasteiger partial charge in [0.2, 0.25) is 0 Å². The number of thiazole rings is 1. The quantitative estimate of drug-likeness (QED) is 0.179. The number of halogens is 5. The highest BCUT2D eigenvalue weighted by Gasteiger charge is 2.26. The molecule has 0 radical (unpaired) electrons. The van der Waals surface area contributed by atoms with Crippen molar-refractivity contribution in [2.45, 2.75) is 32.1 Å². The molecule has 0 unspecified atom stereocenters. The Morgan fingerprint density at radius 3 is 2.57 bits per heavy atom. The van der Waals surface area contributed by atoms with E-state index in [0.29, 0.717) is 13.0 Å². The lowest BCUT2D eigenvalue weighted by atomic mass is 10.1. The van der Waals surface area contributed by atoms with Gasteiger partial charge in [0.05, 0.1) is 29.4 Å². The number of ether oxygens (including phenoxy) is 2. The highest BCUT2D eigenvalue weighted by atomic mass is 35.5. The molecule has 216 valence electrons. The van der Waals surface area contributed by atoms with Crippen molar-refractivity contribution in [2.75, 3.05) is 6.61 Å². The van der Waals surface area contributed by atoms with Crippen LogP contribution in [0.25, 0.3) is 22.3 Å². The molecule has 3 heterocycles. The molecule has 1 aliphatic heterocycles. The predicted molar refractivity (Wildman–Crippen MR) is 147 cm³/mol. The maximum Gasteiger partial charge on any atom is 0.338 e. The van der Waals surface area contributed by atoms with Gasteiger partial charge >= 0.3 is 5.97 Å². The topological polar surface area (TPSA) is 86.5 Å². The Bertz CT molecular complexity index is 1840. The Morgan fingerprint density at radius 1 is 1.07 bits per heavy atom. The molecule has 42 heavy (non-hydrogen) atoms. The lowest BCUT2D eigenvalue weighted by molar-refractivity contribution is -0.0590. The van der Waals surface area contributed by atoms with Gasteiger partial charge < -0.3 is 19.1 Å². The normalized spacial score (nSPS) is 14.7. The largest absolute Gasteiger partial charge is 0.478 e. The number of imidazole rings is 1. The van der Waals surface area contributed by atoms with Gasteiger partial charge in [0.25, 0.3) is 5.19 Å². The summed E-state index contributed by atoms with van der Waals surface area (Å²) in [5.41, 5.74) is -0.112. The van der Waals surface area contributed by atoms with E-state index in [2.05, 4.69) is 9.97 Å². The lowest BCUT2D eigenvalue weighted by Gasteiger charge is -2.27. The van der Waals surface area contributed by atoms with Crippen LogP contribution in [0, 0.1) is 23.3 Å². The zero-order valence-corrected chi connectivity index (χ0v) is 23.1. The lowest BCUT2D eigenvalue weighted by Crippen LogP contribution is -2.32. The second kappa shape index (κ2) is 11.3. The van der Waals surface area contributed by atoms with Gasteiger partial charge in [-0.1, -0.05) is 29.0 Å². The number of aromatic nitrogens is 3. The van der Waals surface area contributed by atoms with Gasteiger partial charge in [-0.15, -0.1) is 0 Å². The zero-order valence-electron chi connectivity index (χ0n) is 21.5. The fraction of sp³-hybridized carbons (Fsp3) is 0.207. The van der Waals surface area contributed by atoms with Gasteiger partial charge in [-0.05, 0) is 48.4 Å². The van der Waals surface area contributed by atoms with Crippen molar-refractivity contribution in [2.24, 2.45) is 0 Å². The Balaban J connectivity index is 1.27. The van der Waals surface area contributed by atoms with Crippen LogP contribution in [0.5, 0.6) is 5.19 Å². The van der Waals surface area contributed by atoms with Crippen molar-refractivity contribution in [3.8, 4) is 16.5 Å². The fourth-order valence-electron chi connectivity index (χ4n) is 4.67. The fourth-order valence-corrected chi connectivity index (χ4v) is 5.50. The van der Waals surface area contributed by atoms with Crippen LogP contribution >= 0.6 is 22.9 Å². The van der Waals surface area contributed by atoms with Crippen molar-refractivity contribution in [1.29, 1.82) is 0 Å². The van der Waals surface area contributed by atoms with E-state index in [9.17, 15) is 14.3 Å². The molecular weight excluding hydrogens is 598 g/mol. The molecule has 5 aromatic rings. The van der Waals surface area contributed by atoms with Crippen LogP contribution in [0.2, 0.25) is 5.02 Å². The first-order valence-electron chi connectivity index (χ1n) is 12.7. The number of carboxylic acids is 1. The zero-order chi connectivity index (χ0) is 29.5. The molecule has 13 heteroatoms. The minimum atomic E-state index is -1.43. The van der Waals surface area contributed by atoms with E-state index in [1.54, 1.807) is 0 Å². The van der Waals surface area contributed by atoms with Crippen LogP contribution in [0.4, 0.5) is 17.6 Å². The molecule has 0 aliphatic carbocycles. The molecular formula is C29H20ClF4N3O4S. The molecule has 0 spiro atoms. The number of fused-ring (bicyclic) bond motifs is 1. The summed E-state index contributed by atoms with van der Waals surface area (Å²) >= 11 is 6.81. The highest BCUT2D eigenvalue weighted by Crippen LogP contribution is 2.32. The summed E-state index contributed by atoms with van der Waals surface area (Å²) in [5.74, 6) is -4.19. The minimum Gasteiger partial charge on any atom is -0.478 e. The second-order valence-electron chi connectivity index (χ2n) is 9.64. The molecule has 7 nitrogen and oxygen atoms in total. The van der Waals surface area contributed by atoms with E-state index >= 15 is 13.2 Å². The molecule has 2 aromatic heterocycles. The van der Waals surface area contributed by atoms with Gasteiger partial charge in [0, 0.05) is 34.6 Å². The van der Waals surface area contributed by atoms with Crippen molar-refractivity contribution < 1.29 is 36.9 Å². The highest BCUT2D eigenvalue weighted by molar-refractivity contribution is 7.11. The molecule has 1 N–H and O–H groups in total. The summed E-state index contributed by atoms with van der Waals surface area (Å²) in [5, 5.41) is 11.2. The van der Waals surface area contributed by atoms with Crippen LogP contribution in [0.1, 0.15) is 33.7 Å². The maximum absolute atomic E-state index is 15.3. The summed E-state index contributed by atoms with van der Waals surface area (Å²) in [7, 11) is 0. The van der Waals surface area contributed by atoms with Crippen molar-refractivity contribution in [3.63, 3.8) is 0 Å². The summed E-state index contributed by atoms with van der Waals surface area (Å²) in [6.07, 6.45) is 0.283. The Kier molecular flexibility index (Phi) is 7.60. The molecule has 1 fully saturated rings. The van der Waals surface area contributed by atoms with Gasteiger partial charge in [-0.25, -0.2) is 32.3 Å². The third-order valence-corrected chi connectivity index (χ3v) is 7.93. The first kappa shape index (κ1) is 28.1. The molecule has 1 atom stereocenters. The van der Waals surface area contributed by atoms with Crippen LogP contribution in [0.3, 0.4) is 0 Å². The Morgan fingerprint density at radius 2 is 1.86 bits per heavy atom. The minimum absolute atomic E-state index is 0.0358. The smallest absolute Gasteiger partial charge is 0.338 e. The van der Waals surface area contributed by atoms with Crippen LogP contribution in [-0.2, 0) is 24.3 Å². The number of aromatic carboxylic acids is 1. The average Bonchev–Trinajstić information content (AvgIpc) is 3.52. The van der Waals surface area contributed by atoms with Gasteiger partial charge in [0.15, 0.2) is 5.82 Å². The number of hydrogen-bond acceptors (Lipinski definition) is 6. The van der Waals surface area contributed by atoms with Crippen LogP contribution < -0.4 is 4.74 Å². The number of carboxylic acid groups (broad SMARTS) is 1. The second-order valence-corrected chi connectivity index (χ2v) is 10.9.